The van der Waals surface area contributed by atoms with Gasteiger partial charge in [0.1, 0.15) is 5.82 Å². The predicted molar refractivity (Wildman–Crippen MR) is 84.1 cm³/mol. The number of piperazine rings is 1. The van der Waals surface area contributed by atoms with E-state index in [1.54, 1.807) is 12.1 Å². The molecule has 1 aliphatic heterocycles. The van der Waals surface area contributed by atoms with Crippen molar-refractivity contribution in [2.75, 3.05) is 18.0 Å². The van der Waals surface area contributed by atoms with Gasteiger partial charge in [0.05, 0.1) is 10.7 Å². The van der Waals surface area contributed by atoms with Crippen LogP contribution in [0.1, 0.15) is 34.1 Å². The Morgan fingerprint density at radius 1 is 1.50 bits per heavy atom. The van der Waals surface area contributed by atoms with Gasteiger partial charge in [0.2, 0.25) is 0 Å². The van der Waals surface area contributed by atoms with E-state index in [1.165, 1.54) is 6.07 Å². The summed E-state index contributed by atoms with van der Waals surface area (Å²) in [5.41, 5.74) is 0.854. The molecule has 0 amide bonds. The molecule has 0 bridgehead atoms. The molecule has 1 aromatic rings. The maximum Gasteiger partial charge on any atom is 0.125 e. The maximum absolute atomic E-state index is 13.6. The second-order valence-corrected chi connectivity index (χ2v) is 6.74. The molecule has 1 aromatic carbocycles. The summed E-state index contributed by atoms with van der Waals surface area (Å²) in [5, 5.41) is 4.25. The van der Waals surface area contributed by atoms with Crippen LogP contribution in [-0.4, -0.2) is 24.7 Å². The van der Waals surface area contributed by atoms with Crippen molar-refractivity contribution in [3.05, 3.63) is 29.0 Å². The van der Waals surface area contributed by atoms with Crippen LogP contribution in [0.4, 0.5) is 10.1 Å². The third-order valence-electron chi connectivity index (χ3n) is 4.43. The van der Waals surface area contributed by atoms with Crippen molar-refractivity contribution >= 4 is 17.3 Å². The van der Waals surface area contributed by atoms with Gasteiger partial charge in [-0.05, 0) is 37.5 Å². The van der Waals surface area contributed by atoms with Crippen molar-refractivity contribution in [3.63, 3.8) is 0 Å². The van der Waals surface area contributed by atoms with E-state index in [0.717, 1.165) is 25.2 Å². The van der Waals surface area contributed by atoms with Crippen LogP contribution in [0.25, 0.3) is 0 Å². The molecule has 1 fully saturated rings. The fourth-order valence-corrected chi connectivity index (χ4v) is 3.04. The zero-order valence-corrected chi connectivity index (χ0v) is 13.5. The van der Waals surface area contributed by atoms with Gasteiger partial charge in [0.25, 0.3) is 0 Å². The van der Waals surface area contributed by atoms with Gasteiger partial charge in [0.15, 0.2) is 0 Å². The lowest BCUT2D eigenvalue weighted by Crippen LogP contribution is -2.64. The highest BCUT2D eigenvalue weighted by atomic mass is 35.5. The summed E-state index contributed by atoms with van der Waals surface area (Å²) in [7, 11) is 0. The normalized spacial score (nSPS) is 27.1. The number of anilines is 1. The molecular formula is C16H24ClFN2. The van der Waals surface area contributed by atoms with Crippen molar-refractivity contribution in [1.29, 1.82) is 0 Å². The van der Waals surface area contributed by atoms with Gasteiger partial charge in [-0.1, -0.05) is 32.4 Å². The van der Waals surface area contributed by atoms with Gasteiger partial charge < -0.3 is 10.2 Å². The number of nitrogens with one attached hydrogen (secondary N) is 1. The smallest absolute Gasteiger partial charge is 0.125 e. The van der Waals surface area contributed by atoms with Crippen LogP contribution in [0.2, 0.25) is 5.02 Å². The summed E-state index contributed by atoms with van der Waals surface area (Å²) in [6, 6.07) is 4.94. The summed E-state index contributed by atoms with van der Waals surface area (Å²) in [6.07, 6.45) is 1.03. The Balaban J connectivity index is 2.39. The first-order valence-corrected chi connectivity index (χ1v) is 7.71. The molecular weight excluding hydrogens is 275 g/mol. The molecule has 20 heavy (non-hydrogen) atoms. The van der Waals surface area contributed by atoms with E-state index in [9.17, 15) is 4.39 Å². The SMILES string of the molecule is CCC1(C)CN(c2cc(F)ccc2Cl)C(C(C)C)CN1. The zero-order valence-electron chi connectivity index (χ0n) is 12.7. The van der Waals surface area contributed by atoms with E-state index >= 15 is 0 Å². The number of nitrogens with zero attached hydrogens (tertiary/aromatic N) is 1. The van der Waals surface area contributed by atoms with Crippen LogP contribution in [-0.2, 0) is 0 Å². The van der Waals surface area contributed by atoms with E-state index in [1.807, 2.05) is 0 Å². The van der Waals surface area contributed by atoms with Crippen molar-refractivity contribution < 1.29 is 4.39 Å². The molecule has 1 saturated heterocycles. The Kier molecular flexibility index (Phi) is 4.60. The molecule has 0 aliphatic carbocycles. The fraction of sp³-hybridized carbons (Fsp3) is 0.625. The topological polar surface area (TPSA) is 15.3 Å². The fourth-order valence-electron chi connectivity index (χ4n) is 2.81. The highest BCUT2D eigenvalue weighted by molar-refractivity contribution is 6.33. The Labute approximate surface area is 126 Å². The third-order valence-corrected chi connectivity index (χ3v) is 4.74. The highest BCUT2D eigenvalue weighted by Crippen LogP contribution is 2.33. The van der Waals surface area contributed by atoms with Crippen LogP contribution >= 0.6 is 11.6 Å². The maximum atomic E-state index is 13.6. The summed E-state index contributed by atoms with van der Waals surface area (Å²) in [5.74, 6) is 0.242. The quantitative estimate of drug-likeness (QED) is 0.904. The zero-order chi connectivity index (χ0) is 14.9. The summed E-state index contributed by atoms with van der Waals surface area (Å²) in [4.78, 5) is 2.27. The predicted octanol–water partition coefficient (Wildman–Crippen LogP) is 4.08. The molecule has 0 saturated carbocycles. The number of hydrogen-bond acceptors (Lipinski definition) is 2. The molecule has 1 heterocycles. The highest BCUT2D eigenvalue weighted by Gasteiger charge is 2.36. The van der Waals surface area contributed by atoms with Crippen LogP contribution in [0.3, 0.4) is 0 Å². The molecule has 2 unspecified atom stereocenters. The second-order valence-electron chi connectivity index (χ2n) is 6.33. The minimum absolute atomic E-state index is 0.0427. The lowest BCUT2D eigenvalue weighted by Gasteiger charge is -2.49. The molecule has 1 aliphatic rings. The Morgan fingerprint density at radius 2 is 2.20 bits per heavy atom. The molecule has 0 spiro atoms. The van der Waals surface area contributed by atoms with E-state index in [4.69, 9.17) is 11.6 Å². The average Bonchev–Trinajstić information content (AvgIpc) is 2.41. The molecule has 2 nitrogen and oxygen atoms in total. The van der Waals surface area contributed by atoms with Crippen molar-refractivity contribution in [2.45, 2.75) is 45.7 Å². The minimum atomic E-state index is -0.233. The van der Waals surface area contributed by atoms with Crippen LogP contribution in [0, 0.1) is 11.7 Å². The molecule has 112 valence electrons. The molecule has 4 heteroatoms. The lowest BCUT2D eigenvalue weighted by atomic mass is 9.89. The number of halogens is 2. The molecule has 0 aromatic heterocycles. The minimum Gasteiger partial charge on any atom is -0.364 e. The first-order chi connectivity index (χ1) is 9.36. The monoisotopic (exact) mass is 298 g/mol. The van der Waals surface area contributed by atoms with E-state index in [0.29, 0.717) is 17.0 Å². The van der Waals surface area contributed by atoms with E-state index < -0.39 is 0 Å². The van der Waals surface area contributed by atoms with Gasteiger partial charge in [-0.2, -0.15) is 0 Å². The van der Waals surface area contributed by atoms with E-state index in [-0.39, 0.29) is 11.4 Å². The number of rotatable bonds is 3. The molecule has 0 radical (unpaired) electrons. The van der Waals surface area contributed by atoms with Crippen molar-refractivity contribution in [1.82, 2.24) is 5.32 Å². The second kappa shape index (κ2) is 5.90. The summed E-state index contributed by atoms with van der Waals surface area (Å²) in [6.45, 7) is 10.5. The Bertz CT molecular complexity index is 478. The van der Waals surface area contributed by atoms with Crippen LogP contribution < -0.4 is 10.2 Å². The Hall–Kier alpha value is -0.800. The number of benzene rings is 1. The van der Waals surface area contributed by atoms with Gasteiger partial charge in [0, 0.05) is 24.7 Å². The average molecular weight is 299 g/mol. The Morgan fingerprint density at radius 3 is 2.80 bits per heavy atom. The van der Waals surface area contributed by atoms with Gasteiger partial charge in [-0.15, -0.1) is 0 Å². The standard InChI is InChI=1S/C16H24ClFN2/c1-5-16(4)10-20(15(9-19-16)11(2)3)14-8-12(18)6-7-13(14)17/h6-8,11,15,19H,5,9-10H2,1-4H3. The third kappa shape index (κ3) is 3.09. The van der Waals surface area contributed by atoms with Crippen molar-refractivity contribution in [3.8, 4) is 0 Å². The summed E-state index contributed by atoms with van der Waals surface area (Å²) >= 11 is 6.31. The van der Waals surface area contributed by atoms with Crippen molar-refractivity contribution in [2.24, 2.45) is 5.92 Å². The van der Waals surface area contributed by atoms with Crippen LogP contribution in [0.5, 0.6) is 0 Å². The molecule has 2 atom stereocenters. The lowest BCUT2D eigenvalue weighted by molar-refractivity contribution is 0.253. The molecule has 1 N–H and O–H groups in total. The summed E-state index contributed by atoms with van der Waals surface area (Å²) < 4.78 is 13.6. The van der Waals surface area contributed by atoms with Gasteiger partial charge >= 0.3 is 0 Å². The van der Waals surface area contributed by atoms with E-state index in [2.05, 4.69) is 37.9 Å². The van der Waals surface area contributed by atoms with Gasteiger partial charge in [-0.3, -0.25) is 0 Å². The first kappa shape index (κ1) is 15.6. The van der Waals surface area contributed by atoms with Crippen LogP contribution in [0.15, 0.2) is 18.2 Å². The van der Waals surface area contributed by atoms with Gasteiger partial charge in [-0.25, -0.2) is 4.39 Å². The molecule has 2 rings (SSSR count). The largest absolute Gasteiger partial charge is 0.364 e. The first-order valence-electron chi connectivity index (χ1n) is 7.33. The number of hydrogen-bond donors (Lipinski definition) is 1.